The summed E-state index contributed by atoms with van der Waals surface area (Å²) in [6.07, 6.45) is 0. The highest BCUT2D eigenvalue weighted by Crippen LogP contribution is 2.42. The fraction of sp³-hybridized carbons (Fsp3) is 0.0833. The number of esters is 1. The van der Waals surface area contributed by atoms with Gasteiger partial charge in [0, 0.05) is 12.3 Å². The first-order chi connectivity index (χ1) is 8.00. The zero-order chi connectivity index (χ0) is 12.6. The van der Waals surface area contributed by atoms with Crippen LogP contribution in [0.3, 0.4) is 0 Å². The molecule has 88 valence electrons. The third kappa shape index (κ3) is 2.06. The molecule has 17 heavy (non-hydrogen) atoms. The SMILES string of the molecule is CC(=O)Oc1cccc2c(O)c(Br)cc(O)c12. The molecule has 2 rings (SSSR count). The molecule has 0 atom stereocenters. The molecule has 0 amide bonds. The van der Waals surface area contributed by atoms with Crippen LogP contribution in [0.4, 0.5) is 0 Å². The predicted molar refractivity (Wildman–Crippen MR) is 66.3 cm³/mol. The van der Waals surface area contributed by atoms with Crippen molar-refractivity contribution >= 4 is 32.7 Å². The standard InChI is InChI=1S/C12H9BrO4/c1-6(14)17-10-4-2-3-7-11(10)9(15)5-8(13)12(7)16/h2-5,15-16H,1H3. The van der Waals surface area contributed by atoms with Gasteiger partial charge in [0.15, 0.2) is 0 Å². The summed E-state index contributed by atoms with van der Waals surface area (Å²) < 4.78 is 5.36. The lowest BCUT2D eigenvalue weighted by molar-refractivity contribution is -0.131. The average molecular weight is 297 g/mol. The zero-order valence-corrected chi connectivity index (χ0v) is 10.5. The van der Waals surface area contributed by atoms with Crippen LogP contribution in [0.2, 0.25) is 0 Å². The minimum Gasteiger partial charge on any atom is -0.507 e. The highest BCUT2D eigenvalue weighted by atomic mass is 79.9. The van der Waals surface area contributed by atoms with Gasteiger partial charge in [0.25, 0.3) is 0 Å². The Morgan fingerprint density at radius 1 is 1.35 bits per heavy atom. The highest BCUT2D eigenvalue weighted by Gasteiger charge is 2.14. The topological polar surface area (TPSA) is 66.8 Å². The van der Waals surface area contributed by atoms with E-state index in [4.69, 9.17) is 4.74 Å². The van der Waals surface area contributed by atoms with Crippen LogP contribution in [-0.4, -0.2) is 16.2 Å². The molecule has 0 radical (unpaired) electrons. The lowest BCUT2D eigenvalue weighted by Gasteiger charge is -2.10. The summed E-state index contributed by atoms with van der Waals surface area (Å²) in [5.41, 5.74) is 0. The quantitative estimate of drug-likeness (QED) is 0.482. The van der Waals surface area contributed by atoms with Crippen molar-refractivity contribution in [2.24, 2.45) is 0 Å². The third-order valence-electron chi connectivity index (χ3n) is 2.28. The summed E-state index contributed by atoms with van der Waals surface area (Å²) in [5, 5.41) is 20.4. The van der Waals surface area contributed by atoms with E-state index in [1.807, 2.05) is 0 Å². The molecule has 0 aromatic heterocycles. The highest BCUT2D eigenvalue weighted by molar-refractivity contribution is 9.10. The van der Waals surface area contributed by atoms with Crippen molar-refractivity contribution in [3.05, 3.63) is 28.7 Å². The fourth-order valence-electron chi connectivity index (χ4n) is 1.62. The van der Waals surface area contributed by atoms with Gasteiger partial charge in [-0.15, -0.1) is 0 Å². The number of phenols is 2. The number of fused-ring (bicyclic) bond motifs is 1. The van der Waals surface area contributed by atoms with Crippen LogP contribution < -0.4 is 4.74 Å². The van der Waals surface area contributed by atoms with Crippen LogP contribution in [0.5, 0.6) is 17.2 Å². The zero-order valence-electron chi connectivity index (χ0n) is 8.90. The Balaban J connectivity index is 2.80. The summed E-state index contributed by atoms with van der Waals surface area (Å²) in [6, 6.07) is 6.16. The van der Waals surface area contributed by atoms with E-state index in [1.54, 1.807) is 18.2 Å². The van der Waals surface area contributed by atoms with Gasteiger partial charge < -0.3 is 14.9 Å². The lowest BCUT2D eigenvalue weighted by Crippen LogP contribution is -2.01. The second-order valence-electron chi connectivity index (χ2n) is 3.50. The first-order valence-electron chi connectivity index (χ1n) is 4.82. The summed E-state index contributed by atoms with van der Waals surface area (Å²) in [4.78, 5) is 10.9. The Hall–Kier alpha value is -1.75. The molecular formula is C12H9BrO4. The summed E-state index contributed by atoms with van der Waals surface area (Å²) in [5.74, 6) is -0.345. The second-order valence-corrected chi connectivity index (χ2v) is 4.35. The van der Waals surface area contributed by atoms with Crippen molar-refractivity contribution in [2.75, 3.05) is 0 Å². The van der Waals surface area contributed by atoms with Crippen molar-refractivity contribution < 1.29 is 19.7 Å². The van der Waals surface area contributed by atoms with Crippen LogP contribution >= 0.6 is 15.9 Å². The number of ether oxygens (including phenoxy) is 1. The van der Waals surface area contributed by atoms with Crippen molar-refractivity contribution in [1.82, 2.24) is 0 Å². The Labute approximate surface area is 106 Å². The number of carbonyl (C=O) groups is 1. The molecule has 0 bridgehead atoms. The molecule has 5 heteroatoms. The molecule has 2 aromatic carbocycles. The van der Waals surface area contributed by atoms with Gasteiger partial charge in [-0.3, -0.25) is 4.79 Å². The Kier molecular flexibility index (Phi) is 2.93. The van der Waals surface area contributed by atoms with E-state index in [0.29, 0.717) is 15.2 Å². The maximum atomic E-state index is 10.9. The molecule has 0 aliphatic rings. The van der Waals surface area contributed by atoms with Crippen molar-refractivity contribution in [1.29, 1.82) is 0 Å². The van der Waals surface area contributed by atoms with E-state index in [1.165, 1.54) is 13.0 Å². The van der Waals surface area contributed by atoms with Gasteiger partial charge in [0.05, 0.1) is 9.86 Å². The maximum Gasteiger partial charge on any atom is 0.308 e. The molecule has 0 aliphatic heterocycles. The monoisotopic (exact) mass is 296 g/mol. The number of halogens is 1. The molecule has 0 unspecified atom stereocenters. The van der Waals surface area contributed by atoms with E-state index in [-0.39, 0.29) is 17.2 Å². The number of hydrogen-bond donors (Lipinski definition) is 2. The molecule has 0 aliphatic carbocycles. The Bertz CT molecular complexity index is 607. The first-order valence-corrected chi connectivity index (χ1v) is 5.61. The van der Waals surface area contributed by atoms with Crippen LogP contribution in [0.25, 0.3) is 10.8 Å². The normalized spacial score (nSPS) is 10.5. The number of benzene rings is 2. The van der Waals surface area contributed by atoms with Crippen molar-refractivity contribution in [2.45, 2.75) is 6.92 Å². The van der Waals surface area contributed by atoms with Gasteiger partial charge in [-0.05, 0) is 28.1 Å². The van der Waals surface area contributed by atoms with E-state index in [9.17, 15) is 15.0 Å². The van der Waals surface area contributed by atoms with Gasteiger partial charge >= 0.3 is 5.97 Å². The molecule has 0 spiro atoms. The Morgan fingerprint density at radius 3 is 2.71 bits per heavy atom. The first kappa shape index (κ1) is 11.7. The lowest BCUT2D eigenvalue weighted by atomic mass is 10.1. The maximum absolute atomic E-state index is 10.9. The van der Waals surface area contributed by atoms with E-state index in [2.05, 4.69) is 15.9 Å². The van der Waals surface area contributed by atoms with E-state index in [0.717, 1.165) is 0 Å². The molecule has 4 nitrogen and oxygen atoms in total. The number of aromatic hydroxyl groups is 2. The summed E-state index contributed by atoms with van der Waals surface area (Å²) in [7, 11) is 0. The summed E-state index contributed by atoms with van der Waals surface area (Å²) >= 11 is 3.12. The number of hydrogen-bond acceptors (Lipinski definition) is 4. The van der Waals surface area contributed by atoms with Crippen molar-refractivity contribution in [3.63, 3.8) is 0 Å². The molecular weight excluding hydrogens is 288 g/mol. The van der Waals surface area contributed by atoms with Crippen LogP contribution in [-0.2, 0) is 4.79 Å². The predicted octanol–water partition coefficient (Wildman–Crippen LogP) is 2.94. The van der Waals surface area contributed by atoms with E-state index >= 15 is 0 Å². The molecule has 0 fully saturated rings. The largest absolute Gasteiger partial charge is 0.507 e. The second kappa shape index (κ2) is 4.25. The fourth-order valence-corrected chi connectivity index (χ4v) is 2.05. The third-order valence-corrected chi connectivity index (χ3v) is 2.89. The van der Waals surface area contributed by atoms with Crippen molar-refractivity contribution in [3.8, 4) is 17.2 Å². The van der Waals surface area contributed by atoms with Crippen LogP contribution in [0.1, 0.15) is 6.92 Å². The molecule has 2 N–H and O–H groups in total. The number of rotatable bonds is 1. The Morgan fingerprint density at radius 2 is 2.06 bits per heavy atom. The van der Waals surface area contributed by atoms with Crippen LogP contribution in [0, 0.1) is 0 Å². The van der Waals surface area contributed by atoms with Gasteiger partial charge in [0.1, 0.15) is 17.2 Å². The van der Waals surface area contributed by atoms with Gasteiger partial charge in [-0.25, -0.2) is 0 Å². The minimum absolute atomic E-state index is 0.00759. The number of carbonyl (C=O) groups excluding carboxylic acids is 1. The molecule has 0 saturated carbocycles. The van der Waals surface area contributed by atoms with E-state index < -0.39 is 5.97 Å². The van der Waals surface area contributed by atoms with Gasteiger partial charge in [-0.2, -0.15) is 0 Å². The number of phenolic OH excluding ortho intramolecular Hbond substituents is 2. The molecule has 0 heterocycles. The minimum atomic E-state index is -0.487. The van der Waals surface area contributed by atoms with Gasteiger partial charge in [-0.1, -0.05) is 12.1 Å². The average Bonchev–Trinajstić information content (AvgIpc) is 2.25. The van der Waals surface area contributed by atoms with Gasteiger partial charge in [0.2, 0.25) is 0 Å². The summed E-state index contributed by atoms with van der Waals surface area (Å²) in [6.45, 7) is 1.27. The van der Waals surface area contributed by atoms with Crippen LogP contribution in [0.15, 0.2) is 28.7 Å². The molecule has 0 saturated heterocycles. The molecule has 2 aromatic rings. The smallest absolute Gasteiger partial charge is 0.308 e.